The van der Waals surface area contributed by atoms with Gasteiger partial charge in [0, 0.05) is 9.47 Å². The number of carbonyl (C=O) groups excluding carboxylic acids is 1. The number of hydrogen-bond acceptors (Lipinski definition) is 3. The van der Waals surface area contributed by atoms with Gasteiger partial charge in [-0.25, -0.2) is 0 Å². The molecule has 0 aromatic heterocycles. The number of benzene rings is 1. The molecule has 1 atom stereocenters. The summed E-state index contributed by atoms with van der Waals surface area (Å²) in [7, 11) is 2.12. The van der Waals surface area contributed by atoms with E-state index in [-0.39, 0.29) is 19.2 Å². The van der Waals surface area contributed by atoms with Crippen molar-refractivity contribution in [2.24, 2.45) is 0 Å². The highest BCUT2D eigenvalue weighted by Gasteiger charge is 2.24. The van der Waals surface area contributed by atoms with E-state index in [2.05, 4.69) is 9.47 Å². The lowest BCUT2D eigenvalue weighted by atomic mass is 10.2. The van der Waals surface area contributed by atoms with Crippen LogP contribution in [-0.4, -0.2) is 19.2 Å². The van der Waals surface area contributed by atoms with Gasteiger partial charge in [0.15, 0.2) is 6.61 Å². The first-order valence-electron chi connectivity index (χ1n) is 4.17. The monoisotopic (exact) mass is 211 g/mol. The van der Waals surface area contributed by atoms with E-state index >= 15 is 0 Å². The molecule has 1 aromatic carbocycles. The van der Waals surface area contributed by atoms with Gasteiger partial charge in [0.25, 0.3) is 5.91 Å². The van der Waals surface area contributed by atoms with Gasteiger partial charge in [-0.1, -0.05) is 12.1 Å². The van der Waals surface area contributed by atoms with Crippen LogP contribution in [0.1, 0.15) is 0 Å². The van der Waals surface area contributed by atoms with Crippen LogP contribution >= 0.6 is 9.47 Å². The third-order valence-corrected chi connectivity index (χ3v) is 2.16. The van der Waals surface area contributed by atoms with Crippen LogP contribution in [0.3, 0.4) is 0 Å². The van der Waals surface area contributed by atoms with Crippen LogP contribution in [0.25, 0.3) is 0 Å². The van der Waals surface area contributed by atoms with Crippen molar-refractivity contribution in [2.45, 2.75) is 0 Å². The molecule has 0 aliphatic carbocycles. The highest BCUT2D eigenvalue weighted by molar-refractivity contribution is 7.09. The molecule has 1 unspecified atom stereocenters. The Morgan fingerprint density at radius 3 is 3.07 bits per heavy atom. The summed E-state index contributed by atoms with van der Waals surface area (Å²) < 4.78 is 10.1. The van der Waals surface area contributed by atoms with Crippen LogP contribution < -0.4 is 9.64 Å². The van der Waals surface area contributed by atoms with E-state index in [1.165, 1.54) is 0 Å². The first kappa shape index (κ1) is 9.44. The van der Waals surface area contributed by atoms with Crippen molar-refractivity contribution in [2.75, 3.05) is 18.2 Å². The summed E-state index contributed by atoms with van der Waals surface area (Å²) in [5, 5.41) is 0. The van der Waals surface area contributed by atoms with Gasteiger partial charge in [-0.15, -0.1) is 0 Å². The van der Waals surface area contributed by atoms with Crippen LogP contribution in [0.5, 0.6) is 5.75 Å². The lowest BCUT2D eigenvalue weighted by Crippen LogP contribution is -2.39. The van der Waals surface area contributed by atoms with Gasteiger partial charge in [-0.05, 0) is 12.1 Å². The van der Waals surface area contributed by atoms with Gasteiger partial charge in [0.1, 0.15) is 12.5 Å². The molecule has 74 valence electrons. The summed E-state index contributed by atoms with van der Waals surface area (Å²) in [5.41, 5.74) is 0.756. The summed E-state index contributed by atoms with van der Waals surface area (Å²) in [5.74, 6) is 0.625. The quantitative estimate of drug-likeness (QED) is 0.689. The first-order chi connectivity index (χ1) is 6.83. The molecule has 0 bridgehead atoms. The molecule has 0 saturated heterocycles. The number of anilines is 1. The maximum Gasteiger partial charge on any atom is 0.266 e. The van der Waals surface area contributed by atoms with Crippen LogP contribution in [0.15, 0.2) is 24.3 Å². The van der Waals surface area contributed by atoms with Crippen molar-refractivity contribution >= 4 is 21.1 Å². The van der Waals surface area contributed by atoms with Crippen molar-refractivity contribution in [1.29, 1.82) is 0 Å². The third-order valence-electron chi connectivity index (χ3n) is 2.01. The van der Waals surface area contributed by atoms with E-state index in [4.69, 9.17) is 9.26 Å². The predicted octanol–water partition coefficient (Wildman–Crippen LogP) is 1.18. The maximum atomic E-state index is 11.5. The summed E-state index contributed by atoms with van der Waals surface area (Å²) >= 11 is 0. The Labute approximate surface area is 84.1 Å². The maximum absolute atomic E-state index is 11.5. The van der Waals surface area contributed by atoms with Crippen molar-refractivity contribution < 1.29 is 14.1 Å². The summed E-state index contributed by atoms with van der Waals surface area (Å²) in [6.45, 7) is 0.301. The molecule has 1 heterocycles. The zero-order valence-electron chi connectivity index (χ0n) is 7.47. The second kappa shape index (κ2) is 3.95. The zero-order valence-corrected chi connectivity index (χ0v) is 8.63. The van der Waals surface area contributed by atoms with Gasteiger partial charge in [-0.2, -0.15) is 0 Å². The SMILES string of the molecule is O=C1COc2ccccc2N1COP. The summed E-state index contributed by atoms with van der Waals surface area (Å²) in [6.07, 6.45) is 0. The molecule has 0 radical (unpaired) electrons. The fourth-order valence-corrected chi connectivity index (χ4v) is 1.52. The number of rotatable bonds is 2. The molecule has 0 fully saturated rings. The third kappa shape index (κ3) is 1.59. The van der Waals surface area contributed by atoms with Crippen molar-refractivity contribution in [3.63, 3.8) is 0 Å². The van der Waals surface area contributed by atoms with Crippen molar-refractivity contribution in [3.05, 3.63) is 24.3 Å². The van der Waals surface area contributed by atoms with Gasteiger partial charge in [0.05, 0.1) is 5.69 Å². The van der Waals surface area contributed by atoms with E-state index in [0.29, 0.717) is 5.75 Å². The average molecular weight is 211 g/mol. The van der Waals surface area contributed by atoms with E-state index in [0.717, 1.165) is 5.69 Å². The highest BCUT2D eigenvalue weighted by Crippen LogP contribution is 2.31. The van der Waals surface area contributed by atoms with Gasteiger partial charge in [0.2, 0.25) is 0 Å². The minimum absolute atomic E-state index is 0.0744. The Hall–Kier alpha value is -1.12. The predicted molar refractivity (Wildman–Crippen MR) is 55.1 cm³/mol. The Balaban J connectivity index is 2.36. The summed E-state index contributed by atoms with van der Waals surface area (Å²) in [6, 6.07) is 7.39. The molecule has 1 amide bonds. The van der Waals surface area contributed by atoms with Crippen LogP contribution in [-0.2, 0) is 9.32 Å². The topological polar surface area (TPSA) is 38.8 Å². The zero-order chi connectivity index (χ0) is 9.97. The van der Waals surface area contributed by atoms with Gasteiger partial charge < -0.3 is 9.26 Å². The Kier molecular flexibility index (Phi) is 2.66. The molecular weight excluding hydrogens is 201 g/mol. The number of ether oxygens (including phenoxy) is 1. The second-order valence-electron chi connectivity index (χ2n) is 2.87. The normalized spacial score (nSPS) is 14.9. The van der Waals surface area contributed by atoms with E-state index < -0.39 is 0 Å². The van der Waals surface area contributed by atoms with Crippen molar-refractivity contribution in [1.82, 2.24) is 0 Å². The number of amides is 1. The molecule has 0 N–H and O–H groups in total. The largest absolute Gasteiger partial charge is 0.482 e. The molecule has 0 spiro atoms. The Morgan fingerprint density at radius 1 is 1.50 bits per heavy atom. The van der Waals surface area contributed by atoms with E-state index in [1.54, 1.807) is 4.90 Å². The second-order valence-corrected chi connectivity index (χ2v) is 3.21. The highest BCUT2D eigenvalue weighted by atomic mass is 31.0. The Morgan fingerprint density at radius 2 is 2.29 bits per heavy atom. The molecule has 2 rings (SSSR count). The van der Waals surface area contributed by atoms with Crippen LogP contribution in [0.4, 0.5) is 5.69 Å². The molecule has 4 nitrogen and oxygen atoms in total. The molecule has 1 aliphatic heterocycles. The fraction of sp³-hybridized carbons (Fsp3) is 0.222. The summed E-state index contributed by atoms with van der Waals surface area (Å²) in [4.78, 5) is 13.0. The smallest absolute Gasteiger partial charge is 0.266 e. The van der Waals surface area contributed by atoms with Crippen molar-refractivity contribution in [3.8, 4) is 5.75 Å². The molecule has 14 heavy (non-hydrogen) atoms. The molecule has 1 aliphatic rings. The van der Waals surface area contributed by atoms with E-state index in [9.17, 15) is 4.79 Å². The lowest BCUT2D eigenvalue weighted by molar-refractivity contribution is -0.121. The number of para-hydroxylation sites is 2. The molecule has 1 aromatic rings. The van der Waals surface area contributed by atoms with E-state index in [1.807, 2.05) is 24.3 Å². The molecule has 5 heteroatoms. The Bertz CT molecular complexity index is 356. The van der Waals surface area contributed by atoms with Gasteiger partial charge in [-0.3, -0.25) is 9.69 Å². The van der Waals surface area contributed by atoms with Crippen LogP contribution in [0.2, 0.25) is 0 Å². The molecular formula is C9H10NO3P. The lowest BCUT2D eigenvalue weighted by Gasteiger charge is -2.28. The number of nitrogens with zero attached hydrogens (tertiary/aromatic N) is 1. The van der Waals surface area contributed by atoms with Crippen LogP contribution in [0, 0.1) is 0 Å². The number of hydrogen-bond donors (Lipinski definition) is 0. The number of carbonyl (C=O) groups is 1. The molecule has 0 saturated carbocycles. The van der Waals surface area contributed by atoms with Gasteiger partial charge >= 0.3 is 0 Å². The fourth-order valence-electron chi connectivity index (χ4n) is 1.37. The average Bonchev–Trinajstić information content (AvgIpc) is 2.23. The minimum atomic E-state index is -0.0915. The first-order valence-corrected chi connectivity index (χ1v) is 4.64. The minimum Gasteiger partial charge on any atom is -0.482 e. The standard InChI is InChI=1S/C9H10NO3P/c11-9-5-12-8-4-2-1-3-7(8)10(9)6-13-14/h1-4H,5-6,14H2. The number of fused-ring (bicyclic) bond motifs is 1.